The van der Waals surface area contributed by atoms with Gasteiger partial charge in [0.15, 0.2) is 0 Å². The maximum atomic E-state index is 8.63. The van der Waals surface area contributed by atoms with Crippen LogP contribution < -0.4 is 0 Å². The molecule has 0 N–H and O–H groups in total. The third-order valence-electron chi connectivity index (χ3n) is 2.48. The van der Waals surface area contributed by atoms with E-state index in [1.165, 1.54) is 10.9 Å². The van der Waals surface area contributed by atoms with Crippen molar-refractivity contribution in [3.63, 3.8) is 0 Å². The first-order valence-electron chi connectivity index (χ1n) is 4.80. The minimum absolute atomic E-state index is 0.426. The Labute approximate surface area is 83.4 Å². The molecule has 2 rings (SSSR count). The molecule has 0 saturated carbocycles. The van der Waals surface area contributed by atoms with E-state index in [2.05, 4.69) is 37.3 Å². The molecule has 1 aromatic carbocycles. The topological polar surface area (TPSA) is 28.7 Å². The largest absolute Gasteiger partial charge is 0.334 e. The SMILES string of the molecule is CCc1ccc2c(ccn2CC#N)c1. The molecule has 2 aromatic rings. The van der Waals surface area contributed by atoms with Crippen LogP contribution in [0.15, 0.2) is 30.5 Å². The van der Waals surface area contributed by atoms with Crippen LogP contribution in [0.2, 0.25) is 0 Å². The predicted octanol–water partition coefficient (Wildman–Crippen LogP) is 2.73. The minimum atomic E-state index is 0.426. The number of hydrogen-bond donors (Lipinski definition) is 0. The van der Waals surface area contributed by atoms with Gasteiger partial charge in [-0.25, -0.2) is 0 Å². The standard InChI is InChI=1S/C12H12N2/c1-2-10-3-4-12-11(9-10)5-7-14(12)8-6-13/h3-5,7,9H,2,8H2,1H3. The fourth-order valence-corrected chi connectivity index (χ4v) is 1.68. The summed E-state index contributed by atoms with van der Waals surface area (Å²) in [4.78, 5) is 0. The van der Waals surface area contributed by atoms with Crippen molar-refractivity contribution in [1.29, 1.82) is 5.26 Å². The van der Waals surface area contributed by atoms with Crippen LogP contribution in [0, 0.1) is 11.3 Å². The highest BCUT2D eigenvalue weighted by atomic mass is 14.9. The molecule has 0 bridgehead atoms. The highest BCUT2D eigenvalue weighted by Crippen LogP contribution is 2.17. The summed E-state index contributed by atoms with van der Waals surface area (Å²) < 4.78 is 1.97. The number of rotatable bonds is 2. The Bertz CT molecular complexity index is 488. The third kappa shape index (κ3) is 1.38. The molecule has 0 aliphatic heterocycles. The van der Waals surface area contributed by atoms with E-state index in [9.17, 15) is 0 Å². The van der Waals surface area contributed by atoms with Gasteiger partial charge < -0.3 is 4.57 Å². The van der Waals surface area contributed by atoms with Gasteiger partial charge >= 0.3 is 0 Å². The van der Waals surface area contributed by atoms with E-state index in [0.29, 0.717) is 6.54 Å². The molecular formula is C12H12N2. The van der Waals surface area contributed by atoms with E-state index < -0.39 is 0 Å². The molecule has 1 aromatic heterocycles. The summed E-state index contributed by atoms with van der Waals surface area (Å²) in [5.41, 5.74) is 2.48. The number of nitrogens with zero attached hydrogens (tertiary/aromatic N) is 2. The lowest BCUT2D eigenvalue weighted by molar-refractivity contribution is 0.874. The van der Waals surface area contributed by atoms with Crippen LogP contribution in [0.3, 0.4) is 0 Å². The summed E-state index contributed by atoms with van der Waals surface area (Å²) in [5, 5.41) is 9.85. The van der Waals surface area contributed by atoms with Crippen molar-refractivity contribution in [3.8, 4) is 6.07 Å². The minimum Gasteiger partial charge on any atom is -0.334 e. The van der Waals surface area contributed by atoms with Gasteiger partial charge in [0.25, 0.3) is 0 Å². The van der Waals surface area contributed by atoms with Gasteiger partial charge in [0.2, 0.25) is 0 Å². The average Bonchev–Trinajstić information content (AvgIpc) is 2.61. The van der Waals surface area contributed by atoms with E-state index in [-0.39, 0.29) is 0 Å². The number of aryl methyl sites for hydroxylation is 1. The van der Waals surface area contributed by atoms with Gasteiger partial charge in [-0.15, -0.1) is 0 Å². The van der Waals surface area contributed by atoms with E-state index in [4.69, 9.17) is 5.26 Å². The van der Waals surface area contributed by atoms with Crippen molar-refractivity contribution in [1.82, 2.24) is 4.57 Å². The molecule has 2 heteroatoms. The Balaban J connectivity index is 2.55. The van der Waals surface area contributed by atoms with Crippen LogP contribution in [0.4, 0.5) is 0 Å². The number of benzene rings is 1. The molecule has 0 aliphatic rings. The Morgan fingerprint density at radius 3 is 2.93 bits per heavy atom. The van der Waals surface area contributed by atoms with E-state index in [1.807, 2.05) is 10.8 Å². The van der Waals surface area contributed by atoms with Crippen molar-refractivity contribution in [2.45, 2.75) is 19.9 Å². The van der Waals surface area contributed by atoms with Crippen LogP contribution >= 0.6 is 0 Å². The zero-order valence-electron chi connectivity index (χ0n) is 8.20. The smallest absolute Gasteiger partial charge is 0.110 e. The molecule has 14 heavy (non-hydrogen) atoms. The monoisotopic (exact) mass is 184 g/mol. The first kappa shape index (κ1) is 8.83. The quantitative estimate of drug-likeness (QED) is 0.705. The van der Waals surface area contributed by atoms with Crippen molar-refractivity contribution < 1.29 is 0 Å². The molecule has 0 aliphatic carbocycles. The number of nitriles is 1. The molecule has 0 unspecified atom stereocenters. The van der Waals surface area contributed by atoms with Crippen molar-refractivity contribution in [3.05, 3.63) is 36.0 Å². The normalized spacial score (nSPS) is 10.3. The lowest BCUT2D eigenvalue weighted by Crippen LogP contribution is -1.92. The molecule has 0 spiro atoms. The second-order valence-electron chi connectivity index (χ2n) is 3.35. The summed E-state index contributed by atoms with van der Waals surface area (Å²) >= 11 is 0. The summed E-state index contributed by atoms with van der Waals surface area (Å²) in [7, 11) is 0. The average molecular weight is 184 g/mol. The van der Waals surface area contributed by atoms with E-state index >= 15 is 0 Å². The Hall–Kier alpha value is -1.75. The van der Waals surface area contributed by atoms with Crippen molar-refractivity contribution in [2.75, 3.05) is 0 Å². The van der Waals surface area contributed by atoms with Gasteiger partial charge in [-0.1, -0.05) is 13.0 Å². The first-order chi connectivity index (χ1) is 6.85. The Kier molecular flexibility index (Phi) is 2.24. The summed E-state index contributed by atoms with van der Waals surface area (Å²) in [6.07, 6.45) is 3.02. The van der Waals surface area contributed by atoms with E-state index in [0.717, 1.165) is 11.9 Å². The molecule has 0 amide bonds. The first-order valence-corrected chi connectivity index (χ1v) is 4.80. The molecule has 70 valence electrons. The van der Waals surface area contributed by atoms with Gasteiger partial charge in [-0.2, -0.15) is 5.26 Å². The van der Waals surface area contributed by atoms with Crippen LogP contribution in [-0.4, -0.2) is 4.57 Å². The highest BCUT2D eigenvalue weighted by Gasteiger charge is 2.00. The fourth-order valence-electron chi connectivity index (χ4n) is 1.68. The summed E-state index contributed by atoms with van der Waals surface area (Å²) in [5.74, 6) is 0. The summed E-state index contributed by atoms with van der Waals surface area (Å²) in [6, 6.07) is 10.6. The van der Waals surface area contributed by atoms with Crippen LogP contribution in [-0.2, 0) is 13.0 Å². The van der Waals surface area contributed by atoms with Crippen molar-refractivity contribution >= 4 is 10.9 Å². The number of fused-ring (bicyclic) bond motifs is 1. The van der Waals surface area contributed by atoms with Crippen LogP contribution in [0.5, 0.6) is 0 Å². The van der Waals surface area contributed by atoms with Crippen molar-refractivity contribution in [2.24, 2.45) is 0 Å². The maximum Gasteiger partial charge on any atom is 0.110 e. The summed E-state index contributed by atoms with van der Waals surface area (Å²) in [6.45, 7) is 2.57. The Morgan fingerprint density at radius 2 is 2.21 bits per heavy atom. The van der Waals surface area contributed by atoms with Gasteiger partial charge in [0.1, 0.15) is 6.54 Å². The molecule has 2 nitrogen and oxygen atoms in total. The van der Waals surface area contributed by atoms with Crippen LogP contribution in [0.25, 0.3) is 10.9 Å². The van der Waals surface area contributed by atoms with Gasteiger partial charge in [-0.05, 0) is 35.6 Å². The molecular weight excluding hydrogens is 172 g/mol. The van der Waals surface area contributed by atoms with E-state index in [1.54, 1.807) is 0 Å². The van der Waals surface area contributed by atoms with Crippen LogP contribution in [0.1, 0.15) is 12.5 Å². The molecule has 0 atom stereocenters. The van der Waals surface area contributed by atoms with Gasteiger partial charge in [0.05, 0.1) is 6.07 Å². The molecule has 0 fully saturated rings. The zero-order chi connectivity index (χ0) is 9.97. The Morgan fingerprint density at radius 1 is 1.36 bits per heavy atom. The third-order valence-corrected chi connectivity index (χ3v) is 2.48. The second-order valence-corrected chi connectivity index (χ2v) is 3.35. The zero-order valence-corrected chi connectivity index (χ0v) is 8.20. The molecule has 1 heterocycles. The number of hydrogen-bond acceptors (Lipinski definition) is 1. The van der Waals surface area contributed by atoms with Gasteiger partial charge in [0, 0.05) is 11.7 Å². The molecule has 0 saturated heterocycles. The highest BCUT2D eigenvalue weighted by molar-refractivity contribution is 5.80. The number of aromatic nitrogens is 1. The second kappa shape index (κ2) is 3.55. The lowest BCUT2D eigenvalue weighted by Gasteiger charge is -2.00. The predicted molar refractivity (Wildman–Crippen MR) is 56.9 cm³/mol. The fraction of sp³-hybridized carbons (Fsp3) is 0.250. The maximum absolute atomic E-state index is 8.63. The molecule has 0 radical (unpaired) electrons. The van der Waals surface area contributed by atoms with Gasteiger partial charge in [-0.3, -0.25) is 0 Å². The lowest BCUT2D eigenvalue weighted by atomic mass is 10.1.